The largest absolute Gasteiger partial charge is 0.480 e. The molecule has 0 aromatic rings. The fraction of sp³-hybridized carbons (Fsp3) is 0.833. The van der Waals surface area contributed by atoms with Crippen LogP contribution in [0.4, 0.5) is 4.79 Å². The Bertz CT molecular complexity index is 357. The number of nitrogens with zero attached hydrogens (tertiary/aromatic N) is 1. The summed E-state index contributed by atoms with van der Waals surface area (Å²) in [6, 6.07) is -0.903. The fourth-order valence-electron chi connectivity index (χ4n) is 2.13. The number of hydrogen-bond donors (Lipinski definition) is 2. The lowest BCUT2D eigenvalue weighted by molar-refractivity contribution is -0.141. The van der Waals surface area contributed by atoms with Crippen LogP contribution in [0, 0.1) is 0 Å². The molecule has 2 atom stereocenters. The van der Waals surface area contributed by atoms with Crippen molar-refractivity contribution in [1.82, 2.24) is 10.2 Å². The zero-order valence-corrected chi connectivity index (χ0v) is 11.6. The van der Waals surface area contributed by atoms with Gasteiger partial charge in [-0.25, -0.2) is 9.59 Å². The summed E-state index contributed by atoms with van der Waals surface area (Å²) in [6.07, 6.45) is 3.76. The number of amides is 2. The number of aliphatic carboxylic acids is 1. The molecule has 2 aliphatic rings. The maximum atomic E-state index is 12.2. The Kier molecular flexibility index (Phi) is 3.75. The number of nitrogens with one attached hydrogen (secondary N) is 1. The van der Waals surface area contributed by atoms with Crippen LogP contribution in [0.5, 0.6) is 0 Å². The quantitative estimate of drug-likeness (QED) is 0.820. The van der Waals surface area contributed by atoms with E-state index in [-0.39, 0.29) is 16.9 Å². The molecule has 1 aliphatic heterocycles. The first-order valence-electron chi connectivity index (χ1n) is 6.42. The van der Waals surface area contributed by atoms with Crippen molar-refractivity contribution in [3.63, 3.8) is 0 Å². The molecule has 2 amide bonds. The predicted octanol–water partition coefficient (Wildman–Crippen LogP) is 1.88. The SMILES string of the molecule is CCCC1SCC(C(=O)O)N1C(=O)NC1(C)CC1. The summed E-state index contributed by atoms with van der Waals surface area (Å²) in [7, 11) is 0. The van der Waals surface area contributed by atoms with Crippen molar-refractivity contribution < 1.29 is 14.7 Å². The van der Waals surface area contributed by atoms with Crippen LogP contribution in [0.2, 0.25) is 0 Å². The van der Waals surface area contributed by atoms with Gasteiger partial charge in [0.1, 0.15) is 6.04 Å². The summed E-state index contributed by atoms with van der Waals surface area (Å²) in [5.41, 5.74) is -0.107. The lowest BCUT2D eigenvalue weighted by atomic mass is 10.2. The number of urea groups is 1. The molecule has 0 aromatic carbocycles. The lowest BCUT2D eigenvalue weighted by Gasteiger charge is -2.28. The molecule has 0 aromatic heterocycles. The minimum Gasteiger partial charge on any atom is -0.480 e. The van der Waals surface area contributed by atoms with Gasteiger partial charge in [0.05, 0.1) is 5.37 Å². The molecule has 18 heavy (non-hydrogen) atoms. The van der Waals surface area contributed by atoms with Crippen LogP contribution in [-0.2, 0) is 4.79 Å². The van der Waals surface area contributed by atoms with E-state index in [4.69, 9.17) is 0 Å². The molecule has 2 fully saturated rings. The van der Waals surface area contributed by atoms with Crippen molar-refractivity contribution in [1.29, 1.82) is 0 Å². The average Bonchev–Trinajstić information content (AvgIpc) is 2.86. The molecule has 0 bridgehead atoms. The number of rotatable bonds is 4. The minimum absolute atomic E-state index is 0.00144. The van der Waals surface area contributed by atoms with E-state index in [2.05, 4.69) is 5.32 Å². The minimum atomic E-state index is -0.905. The van der Waals surface area contributed by atoms with E-state index >= 15 is 0 Å². The molecule has 5 nitrogen and oxygen atoms in total. The third-order valence-corrected chi connectivity index (χ3v) is 4.91. The van der Waals surface area contributed by atoms with Gasteiger partial charge in [-0.05, 0) is 26.2 Å². The van der Waals surface area contributed by atoms with E-state index in [9.17, 15) is 14.7 Å². The smallest absolute Gasteiger partial charge is 0.327 e. The highest BCUT2D eigenvalue weighted by Gasteiger charge is 2.45. The van der Waals surface area contributed by atoms with Crippen molar-refractivity contribution in [3.8, 4) is 0 Å². The van der Waals surface area contributed by atoms with Gasteiger partial charge in [0, 0.05) is 11.3 Å². The van der Waals surface area contributed by atoms with Crippen LogP contribution in [0.15, 0.2) is 0 Å². The second-order valence-electron chi connectivity index (χ2n) is 5.33. The number of thioether (sulfide) groups is 1. The first-order valence-corrected chi connectivity index (χ1v) is 7.46. The summed E-state index contributed by atoms with van der Waals surface area (Å²) in [5, 5.41) is 12.2. The van der Waals surface area contributed by atoms with Crippen LogP contribution >= 0.6 is 11.8 Å². The molecule has 1 saturated carbocycles. The third-order valence-electron chi connectivity index (χ3n) is 3.56. The van der Waals surface area contributed by atoms with Crippen LogP contribution < -0.4 is 5.32 Å². The number of carbonyl (C=O) groups excluding carboxylic acids is 1. The summed E-state index contributed by atoms with van der Waals surface area (Å²) < 4.78 is 0. The Morgan fingerprint density at radius 2 is 2.17 bits per heavy atom. The van der Waals surface area contributed by atoms with Crippen LogP contribution in [0.3, 0.4) is 0 Å². The van der Waals surface area contributed by atoms with Gasteiger partial charge in [-0.2, -0.15) is 0 Å². The normalized spacial score (nSPS) is 29.1. The zero-order chi connectivity index (χ0) is 13.3. The molecule has 1 saturated heterocycles. The average molecular weight is 272 g/mol. The Morgan fingerprint density at radius 1 is 1.50 bits per heavy atom. The van der Waals surface area contributed by atoms with Gasteiger partial charge in [-0.1, -0.05) is 13.3 Å². The maximum Gasteiger partial charge on any atom is 0.327 e. The van der Waals surface area contributed by atoms with Crippen molar-refractivity contribution in [2.24, 2.45) is 0 Å². The first kappa shape index (κ1) is 13.5. The molecule has 1 aliphatic carbocycles. The molecular weight excluding hydrogens is 252 g/mol. The highest BCUT2D eigenvalue weighted by Crippen LogP contribution is 2.37. The van der Waals surface area contributed by atoms with Crippen molar-refractivity contribution in [2.45, 2.75) is 56.5 Å². The van der Waals surface area contributed by atoms with Crippen molar-refractivity contribution in [3.05, 3.63) is 0 Å². The second-order valence-corrected chi connectivity index (χ2v) is 6.54. The lowest BCUT2D eigenvalue weighted by Crippen LogP contribution is -2.52. The fourth-order valence-corrected chi connectivity index (χ4v) is 3.64. The van der Waals surface area contributed by atoms with E-state index in [1.54, 1.807) is 11.8 Å². The van der Waals surface area contributed by atoms with Gasteiger partial charge in [0.25, 0.3) is 0 Å². The van der Waals surface area contributed by atoms with Crippen LogP contribution in [-0.4, -0.2) is 44.7 Å². The Hall–Kier alpha value is -0.910. The van der Waals surface area contributed by atoms with Gasteiger partial charge in [-0.3, -0.25) is 4.90 Å². The van der Waals surface area contributed by atoms with Gasteiger partial charge in [-0.15, -0.1) is 11.8 Å². The molecule has 0 radical (unpaired) electrons. The molecule has 0 spiro atoms. The van der Waals surface area contributed by atoms with Crippen molar-refractivity contribution in [2.75, 3.05) is 5.75 Å². The predicted molar refractivity (Wildman–Crippen MR) is 70.6 cm³/mol. The van der Waals surface area contributed by atoms with E-state index < -0.39 is 12.0 Å². The molecule has 2 rings (SSSR count). The number of carboxylic acids is 1. The second kappa shape index (κ2) is 4.99. The standard InChI is InChI=1S/C12H20N2O3S/c1-3-4-9-14(8(7-18-9)10(15)16)11(17)13-12(2)5-6-12/h8-9H,3-7H2,1-2H3,(H,13,17)(H,15,16). The summed E-state index contributed by atoms with van der Waals surface area (Å²) >= 11 is 1.57. The van der Waals surface area contributed by atoms with E-state index in [0.29, 0.717) is 5.75 Å². The Morgan fingerprint density at radius 3 is 2.67 bits per heavy atom. The summed E-state index contributed by atoms with van der Waals surface area (Å²) in [6.45, 7) is 4.05. The Balaban J connectivity index is 2.07. The van der Waals surface area contributed by atoms with Gasteiger partial charge in [0.2, 0.25) is 0 Å². The monoisotopic (exact) mass is 272 g/mol. The molecule has 102 valence electrons. The summed E-state index contributed by atoms with van der Waals surface area (Å²) in [5.74, 6) is -0.415. The van der Waals surface area contributed by atoms with Crippen LogP contribution in [0.1, 0.15) is 39.5 Å². The third kappa shape index (κ3) is 2.74. The molecular formula is C12H20N2O3S. The highest BCUT2D eigenvalue weighted by atomic mass is 32.2. The van der Waals surface area contributed by atoms with Crippen LogP contribution in [0.25, 0.3) is 0 Å². The van der Waals surface area contributed by atoms with E-state index in [1.807, 2.05) is 13.8 Å². The topological polar surface area (TPSA) is 69.6 Å². The molecule has 2 N–H and O–H groups in total. The van der Waals surface area contributed by atoms with Crippen molar-refractivity contribution >= 4 is 23.8 Å². The van der Waals surface area contributed by atoms with E-state index in [0.717, 1.165) is 25.7 Å². The summed E-state index contributed by atoms with van der Waals surface area (Å²) in [4.78, 5) is 25.0. The highest BCUT2D eigenvalue weighted by molar-refractivity contribution is 8.00. The molecule has 2 unspecified atom stereocenters. The van der Waals surface area contributed by atoms with Gasteiger partial charge >= 0.3 is 12.0 Å². The van der Waals surface area contributed by atoms with E-state index in [1.165, 1.54) is 4.90 Å². The number of carboxylic acid groups (broad SMARTS) is 1. The Labute approximate surface area is 111 Å². The number of carbonyl (C=O) groups is 2. The molecule has 1 heterocycles. The van der Waals surface area contributed by atoms with Gasteiger partial charge < -0.3 is 10.4 Å². The first-order chi connectivity index (χ1) is 8.47. The maximum absolute atomic E-state index is 12.2. The molecule has 6 heteroatoms. The number of hydrogen-bond acceptors (Lipinski definition) is 3. The zero-order valence-electron chi connectivity index (χ0n) is 10.8. The van der Waals surface area contributed by atoms with Gasteiger partial charge in [0.15, 0.2) is 0 Å².